The van der Waals surface area contributed by atoms with Crippen molar-refractivity contribution in [3.63, 3.8) is 0 Å². The third-order valence-electron chi connectivity index (χ3n) is 4.76. The fourth-order valence-electron chi connectivity index (χ4n) is 3.19. The standard InChI is InChI=1S/C20H13F7N2O2.C2H6O.C2H6/c1-8-13(21)12(19(24)25)15(23)17(14(8)22)29-11(30)7-10(18(31)20(26)27)16(28-29)9-5-3-2-4-6-9;1-3-2;1-2/h2-6,10,19-20H,7H2,1H3;1-2H3;1-2H3. The molecule has 1 unspecified atom stereocenters. The van der Waals surface area contributed by atoms with Crippen LogP contribution in [-0.4, -0.2) is 38.0 Å². The normalized spacial score (nSPS) is 15.2. The number of hydrogen-bond acceptors (Lipinski definition) is 4. The van der Waals surface area contributed by atoms with Crippen molar-refractivity contribution in [2.24, 2.45) is 11.0 Å². The molecule has 1 aliphatic rings. The number of amides is 1. The van der Waals surface area contributed by atoms with Crippen molar-refractivity contribution in [3.05, 3.63) is 64.5 Å². The second-order valence-corrected chi connectivity index (χ2v) is 7.05. The number of hydrazone groups is 1. The number of rotatable bonds is 5. The van der Waals surface area contributed by atoms with Crippen LogP contribution in [0.5, 0.6) is 0 Å². The monoisotopic (exact) mass is 522 g/mol. The second kappa shape index (κ2) is 13.7. The lowest BCUT2D eigenvalue weighted by Crippen LogP contribution is -2.43. The average Bonchev–Trinajstić information content (AvgIpc) is 2.85. The molecular formula is C24H25F7N2O3. The van der Waals surface area contributed by atoms with Gasteiger partial charge in [-0.25, -0.2) is 30.7 Å². The number of anilines is 1. The second-order valence-electron chi connectivity index (χ2n) is 7.05. The number of nitrogens with zero attached hydrogens (tertiary/aromatic N) is 2. The first-order chi connectivity index (χ1) is 17.0. The molecular weight excluding hydrogens is 497 g/mol. The minimum atomic E-state index is -3.68. The first-order valence-corrected chi connectivity index (χ1v) is 10.6. The van der Waals surface area contributed by atoms with Gasteiger partial charge in [-0.05, 0) is 12.5 Å². The van der Waals surface area contributed by atoms with Gasteiger partial charge in [0.05, 0.1) is 17.2 Å². The van der Waals surface area contributed by atoms with E-state index in [0.29, 0.717) is 0 Å². The van der Waals surface area contributed by atoms with Gasteiger partial charge >= 0.3 is 0 Å². The van der Waals surface area contributed by atoms with Gasteiger partial charge in [-0.15, -0.1) is 0 Å². The third-order valence-corrected chi connectivity index (χ3v) is 4.76. The van der Waals surface area contributed by atoms with Crippen molar-refractivity contribution in [2.75, 3.05) is 19.2 Å². The van der Waals surface area contributed by atoms with Crippen LogP contribution in [-0.2, 0) is 14.3 Å². The number of benzene rings is 2. The summed E-state index contributed by atoms with van der Waals surface area (Å²) in [6.45, 7) is 4.76. The molecule has 198 valence electrons. The molecule has 2 aromatic carbocycles. The van der Waals surface area contributed by atoms with Gasteiger partial charge in [0.1, 0.15) is 11.5 Å². The summed E-state index contributed by atoms with van der Waals surface area (Å²) in [6.07, 6.45) is -8.08. The van der Waals surface area contributed by atoms with E-state index in [1.54, 1.807) is 20.3 Å². The fourth-order valence-corrected chi connectivity index (χ4v) is 3.19. The molecule has 0 N–H and O–H groups in total. The first-order valence-electron chi connectivity index (χ1n) is 10.6. The van der Waals surface area contributed by atoms with Gasteiger partial charge in [-0.2, -0.15) is 10.1 Å². The minimum absolute atomic E-state index is 0.0700. The topological polar surface area (TPSA) is 59.0 Å². The van der Waals surface area contributed by atoms with Crippen molar-refractivity contribution in [1.82, 2.24) is 0 Å². The summed E-state index contributed by atoms with van der Waals surface area (Å²) in [4.78, 5) is 24.4. The number of ether oxygens (including phenoxy) is 1. The van der Waals surface area contributed by atoms with E-state index < -0.39 is 76.9 Å². The highest BCUT2D eigenvalue weighted by atomic mass is 19.3. The van der Waals surface area contributed by atoms with E-state index >= 15 is 0 Å². The number of methoxy groups -OCH3 is 1. The number of halogens is 7. The zero-order valence-corrected chi connectivity index (χ0v) is 20.1. The number of Topliss-reactive ketones (excluding diaryl/α,β-unsaturated/α-hetero) is 1. The molecule has 0 radical (unpaired) electrons. The van der Waals surface area contributed by atoms with Crippen LogP contribution in [0.2, 0.25) is 0 Å². The Morgan fingerprint density at radius 1 is 1.00 bits per heavy atom. The molecule has 0 bridgehead atoms. The van der Waals surface area contributed by atoms with Crippen LogP contribution in [0.4, 0.5) is 36.4 Å². The number of carbonyl (C=O) groups excluding carboxylic acids is 2. The van der Waals surface area contributed by atoms with Gasteiger partial charge in [-0.3, -0.25) is 9.59 Å². The summed E-state index contributed by atoms with van der Waals surface area (Å²) in [5.41, 5.74) is -4.45. The molecule has 5 nitrogen and oxygen atoms in total. The van der Waals surface area contributed by atoms with Crippen LogP contribution in [0, 0.1) is 30.3 Å². The maximum atomic E-state index is 14.7. The van der Waals surface area contributed by atoms with Gasteiger partial charge in [0.15, 0.2) is 11.6 Å². The number of hydrogen-bond donors (Lipinski definition) is 0. The lowest BCUT2D eigenvalue weighted by molar-refractivity contribution is -0.134. The Bertz CT molecular complexity index is 1090. The zero-order valence-electron chi connectivity index (χ0n) is 20.1. The summed E-state index contributed by atoms with van der Waals surface area (Å²) >= 11 is 0. The van der Waals surface area contributed by atoms with Crippen molar-refractivity contribution in [3.8, 4) is 0 Å². The van der Waals surface area contributed by atoms with E-state index in [1.165, 1.54) is 24.3 Å². The Balaban J connectivity index is 0.00000120. The molecule has 0 fully saturated rings. The van der Waals surface area contributed by atoms with E-state index in [-0.39, 0.29) is 10.6 Å². The lowest BCUT2D eigenvalue weighted by atomic mass is 9.88. The first kappa shape index (κ1) is 30.8. The maximum Gasteiger partial charge on any atom is 0.296 e. The molecule has 3 rings (SSSR count). The molecule has 12 heteroatoms. The molecule has 0 spiro atoms. The Kier molecular flexibility index (Phi) is 11.7. The Hall–Kier alpha value is -3.28. The highest BCUT2D eigenvalue weighted by molar-refractivity contribution is 6.19. The van der Waals surface area contributed by atoms with E-state index in [0.717, 1.165) is 6.92 Å². The molecule has 1 atom stereocenters. The van der Waals surface area contributed by atoms with Crippen LogP contribution < -0.4 is 5.01 Å². The maximum absolute atomic E-state index is 14.7. The molecule has 0 saturated carbocycles. The predicted octanol–water partition coefficient (Wildman–Crippen LogP) is 6.23. The zero-order chi connectivity index (χ0) is 27.7. The fraction of sp³-hybridized carbons (Fsp3) is 0.375. The molecule has 2 aromatic rings. The summed E-state index contributed by atoms with van der Waals surface area (Å²) in [7, 11) is 3.25. The summed E-state index contributed by atoms with van der Waals surface area (Å²) in [5.74, 6) is -10.2. The molecule has 1 aliphatic heterocycles. The SMILES string of the molecule is CC.COC.Cc1c(F)c(C(F)F)c(F)c(N2N=C(c3ccccc3)C(C(=O)C(F)F)CC2=O)c1F. The smallest absolute Gasteiger partial charge is 0.296 e. The molecule has 0 aromatic heterocycles. The van der Waals surface area contributed by atoms with Gasteiger partial charge in [0.25, 0.3) is 12.9 Å². The lowest BCUT2D eigenvalue weighted by Gasteiger charge is -2.30. The quantitative estimate of drug-likeness (QED) is 0.438. The van der Waals surface area contributed by atoms with Crippen molar-refractivity contribution < 1.29 is 45.1 Å². The van der Waals surface area contributed by atoms with Gasteiger partial charge in [-0.1, -0.05) is 44.2 Å². The van der Waals surface area contributed by atoms with Crippen LogP contribution >= 0.6 is 0 Å². The molecule has 0 aliphatic carbocycles. The van der Waals surface area contributed by atoms with Crippen molar-refractivity contribution >= 4 is 23.1 Å². The minimum Gasteiger partial charge on any atom is -0.388 e. The number of alkyl halides is 4. The molecule has 0 saturated heterocycles. The highest BCUT2D eigenvalue weighted by Gasteiger charge is 2.41. The summed E-state index contributed by atoms with van der Waals surface area (Å²) in [5, 5.41) is 3.75. The van der Waals surface area contributed by atoms with E-state index in [9.17, 15) is 40.3 Å². The Morgan fingerprint density at radius 2 is 1.53 bits per heavy atom. The van der Waals surface area contributed by atoms with Gasteiger partial charge in [0, 0.05) is 26.2 Å². The number of ketones is 1. The Labute approximate surface area is 203 Å². The van der Waals surface area contributed by atoms with Crippen LogP contribution in [0.25, 0.3) is 0 Å². The van der Waals surface area contributed by atoms with E-state index in [1.807, 2.05) is 13.8 Å². The van der Waals surface area contributed by atoms with E-state index in [4.69, 9.17) is 0 Å². The average molecular weight is 522 g/mol. The van der Waals surface area contributed by atoms with E-state index in [2.05, 4.69) is 9.84 Å². The van der Waals surface area contributed by atoms with Crippen molar-refractivity contribution in [2.45, 2.75) is 40.0 Å². The largest absolute Gasteiger partial charge is 0.388 e. The van der Waals surface area contributed by atoms with Crippen LogP contribution in [0.3, 0.4) is 0 Å². The van der Waals surface area contributed by atoms with Gasteiger partial charge < -0.3 is 4.74 Å². The summed E-state index contributed by atoms with van der Waals surface area (Å²) < 4.78 is 100. The predicted molar refractivity (Wildman–Crippen MR) is 120 cm³/mol. The molecule has 36 heavy (non-hydrogen) atoms. The third kappa shape index (κ3) is 6.48. The van der Waals surface area contributed by atoms with Crippen LogP contribution in [0.15, 0.2) is 35.4 Å². The van der Waals surface area contributed by atoms with Crippen molar-refractivity contribution in [1.29, 1.82) is 0 Å². The summed E-state index contributed by atoms with van der Waals surface area (Å²) in [6, 6.07) is 7.18. The number of carbonyl (C=O) groups is 2. The molecule has 1 amide bonds. The highest BCUT2D eigenvalue weighted by Crippen LogP contribution is 2.38. The molecule has 1 heterocycles. The Morgan fingerprint density at radius 3 is 2.00 bits per heavy atom. The van der Waals surface area contributed by atoms with Gasteiger partial charge in [0.2, 0.25) is 11.7 Å². The van der Waals surface area contributed by atoms with Crippen LogP contribution in [0.1, 0.15) is 43.4 Å².